The highest BCUT2D eigenvalue weighted by Gasteiger charge is 2.48. The zero-order valence-corrected chi connectivity index (χ0v) is 10.1. The minimum Gasteiger partial charge on any atom is -0.385 e. The smallest absolute Gasteiger partial charge is 0.186 e. The van der Waals surface area contributed by atoms with Gasteiger partial charge in [-0.15, -0.1) is 0 Å². The van der Waals surface area contributed by atoms with Gasteiger partial charge < -0.3 is 24.1 Å². The molecule has 2 unspecified atom stereocenters. The Bertz CT molecular complexity index is 394. The Kier molecular flexibility index (Phi) is 3.32. The molecule has 0 aromatic heterocycles. The normalized spacial score (nSPS) is 39.6. The van der Waals surface area contributed by atoms with Crippen LogP contribution in [0.3, 0.4) is 0 Å². The molecule has 5 atom stereocenters. The van der Waals surface area contributed by atoms with Gasteiger partial charge in [-0.05, 0) is 0 Å². The number of methoxy groups -OCH3 is 1. The first-order chi connectivity index (χ1) is 8.79. The highest BCUT2D eigenvalue weighted by molar-refractivity contribution is 5.16. The van der Waals surface area contributed by atoms with Gasteiger partial charge in [-0.3, -0.25) is 0 Å². The number of benzene rings is 1. The first-order valence-electron chi connectivity index (χ1n) is 5.98. The van der Waals surface area contributed by atoms with Gasteiger partial charge in [-0.1, -0.05) is 30.3 Å². The number of aliphatic hydroxyl groups is 1. The van der Waals surface area contributed by atoms with E-state index in [4.69, 9.17) is 18.9 Å². The van der Waals surface area contributed by atoms with E-state index in [1.807, 2.05) is 30.3 Å². The van der Waals surface area contributed by atoms with Crippen molar-refractivity contribution in [2.75, 3.05) is 13.7 Å². The van der Waals surface area contributed by atoms with Crippen molar-refractivity contribution in [2.45, 2.75) is 30.9 Å². The largest absolute Gasteiger partial charge is 0.385 e. The molecule has 5 nitrogen and oxygen atoms in total. The molecule has 2 saturated heterocycles. The second-order valence-corrected chi connectivity index (χ2v) is 4.45. The lowest BCUT2D eigenvalue weighted by Gasteiger charge is -2.32. The minimum atomic E-state index is -0.782. The van der Waals surface area contributed by atoms with Crippen molar-refractivity contribution in [1.29, 1.82) is 0 Å². The van der Waals surface area contributed by atoms with Gasteiger partial charge in [0.05, 0.1) is 6.61 Å². The average molecular weight is 252 g/mol. The zero-order chi connectivity index (χ0) is 12.5. The Morgan fingerprint density at radius 2 is 2.00 bits per heavy atom. The number of rotatable bonds is 2. The van der Waals surface area contributed by atoms with Crippen molar-refractivity contribution in [3.8, 4) is 0 Å². The third-order valence-electron chi connectivity index (χ3n) is 3.29. The molecule has 0 radical (unpaired) electrons. The van der Waals surface area contributed by atoms with Crippen LogP contribution in [0.15, 0.2) is 30.3 Å². The fourth-order valence-electron chi connectivity index (χ4n) is 2.35. The Morgan fingerprint density at radius 1 is 1.22 bits per heavy atom. The van der Waals surface area contributed by atoms with Crippen molar-refractivity contribution in [3.63, 3.8) is 0 Å². The summed E-state index contributed by atoms with van der Waals surface area (Å²) in [6.07, 6.45) is -2.56. The first-order valence-corrected chi connectivity index (χ1v) is 5.98. The van der Waals surface area contributed by atoms with Crippen LogP contribution in [0, 0.1) is 0 Å². The highest BCUT2D eigenvalue weighted by Crippen LogP contribution is 2.34. The average Bonchev–Trinajstić information content (AvgIpc) is 2.76. The lowest BCUT2D eigenvalue weighted by molar-refractivity contribution is -0.253. The Labute approximate surface area is 105 Å². The second-order valence-electron chi connectivity index (χ2n) is 4.45. The predicted octanol–water partition coefficient (Wildman–Crippen LogP) is 0.833. The molecule has 0 aliphatic carbocycles. The first kappa shape index (κ1) is 12.1. The van der Waals surface area contributed by atoms with E-state index in [1.54, 1.807) is 0 Å². The van der Waals surface area contributed by atoms with Gasteiger partial charge in [0.1, 0.15) is 18.3 Å². The molecular formula is C13H16O5. The molecule has 2 aliphatic heterocycles. The predicted molar refractivity (Wildman–Crippen MR) is 61.7 cm³/mol. The van der Waals surface area contributed by atoms with Gasteiger partial charge in [0, 0.05) is 12.7 Å². The summed E-state index contributed by atoms with van der Waals surface area (Å²) in [5.41, 5.74) is 0.934. The summed E-state index contributed by atoms with van der Waals surface area (Å²) in [6.45, 7) is 0.390. The number of aliphatic hydroxyl groups excluding tert-OH is 1. The van der Waals surface area contributed by atoms with Gasteiger partial charge in [-0.2, -0.15) is 0 Å². The SMILES string of the molecule is COC1O[C@@H]2COC(c3ccccc3)O[C@@H]2[C@H]1O. The van der Waals surface area contributed by atoms with Crippen molar-refractivity contribution in [2.24, 2.45) is 0 Å². The monoisotopic (exact) mass is 252 g/mol. The van der Waals surface area contributed by atoms with Crippen LogP contribution in [0.5, 0.6) is 0 Å². The third kappa shape index (κ3) is 2.04. The second kappa shape index (κ2) is 4.95. The van der Waals surface area contributed by atoms with Crippen LogP contribution in [-0.2, 0) is 18.9 Å². The summed E-state index contributed by atoms with van der Waals surface area (Å²) in [5.74, 6) is 0. The molecule has 0 bridgehead atoms. The maximum Gasteiger partial charge on any atom is 0.186 e. The molecule has 1 N–H and O–H groups in total. The van der Waals surface area contributed by atoms with Crippen molar-refractivity contribution >= 4 is 0 Å². The van der Waals surface area contributed by atoms with E-state index in [-0.39, 0.29) is 6.10 Å². The molecule has 1 aromatic carbocycles. The summed E-state index contributed by atoms with van der Waals surface area (Å²) in [6, 6.07) is 9.65. The van der Waals surface area contributed by atoms with Crippen molar-refractivity contribution in [3.05, 3.63) is 35.9 Å². The molecule has 1 aromatic rings. The summed E-state index contributed by atoms with van der Waals surface area (Å²) in [7, 11) is 1.50. The fourth-order valence-corrected chi connectivity index (χ4v) is 2.35. The molecule has 3 rings (SSSR count). The Hall–Kier alpha value is -0.980. The molecule has 2 heterocycles. The molecule has 0 amide bonds. The summed E-state index contributed by atoms with van der Waals surface area (Å²) < 4.78 is 21.9. The van der Waals surface area contributed by atoms with E-state index in [2.05, 4.69) is 0 Å². The summed E-state index contributed by atoms with van der Waals surface area (Å²) in [5, 5.41) is 10.0. The number of hydrogen-bond donors (Lipinski definition) is 1. The van der Waals surface area contributed by atoms with Crippen LogP contribution in [-0.4, -0.2) is 43.4 Å². The lowest BCUT2D eigenvalue weighted by atomic mass is 10.1. The van der Waals surface area contributed by atoms with Crippen molar-refractivity contribution in [1.82, 2.24) is 0 Å². The maximum atomic E-state index is 10.0. The standard InChI is InChI=1S/C13H16O5/c1-15-13-10(14)11-9(17-13)7-16-12(18-11)8-5-3-2-4-6-8/h2-6,9-14H,7H2,1H3/t9-,10-,11+,12?,13?/m1/s1. The molecule has 2 aliphatic rings. The molecule has 2 fully saturated rings. The Balaban J connectivity index is 1.73. The van der Waals surface area contributed by atoms with E-state index in [9.17, 15) is 5.11 Å². The van der Waals surface area contributed by atoms with Gasteiger partial charge in [0.2, 0.25) is 0 Å². The Morgan fingerprint density at radius 3 is 2.72 bits per heavy atom. The van der Waals surface area contributed by atoms with Gasteiger partial charge in [0.25, 0.3) is 0 Å². The molecular weight excluding hydrogens is 236 g/mol. The van der Waals surface area contributed by atoms with E-state index in [0.29, 0.717) is 6.61 Å². The number of hydrogen-bond acceptors (Lipinski definition) is 5. The summed E-state index contributed by atoms with van der Waals surface area (Å²) in [4.78, 5) is 0. The lowest BCUT2D eigenvalue weighted by Crippen LogP contribution is -2.42. The van der Waals surface area contributed by atoms with Gasteiger partial charge in [0.15, 0.2) is 12.6 Å². The third-order valence-corrected chi connectivity index (χ3v) is 3.29. The van der Waals surface area contributed by atoms with Crippen LogP contribution in [0.25, 0.3) is 0 Å². The van der Waals surface area contributed by atoms with Crippen molar-refractivity contribution < 1.29 is 24.1 Å². The van der Waals surface area contributed by atoms with Gasteiger partial charge in [-0.25, -0.2) is 0 Å². The number of fused-ring (bicyclic) bond motifs is 1. The molecule has 0 spiro atoms. The number of ether oxygens (including phenoxy) is 4. The quantitative estimate of drug-likeness (QED) is 0.845. The van der Waals surface area contributed by atoms with E-state index in [0.717, 1.165) is 5.56 Å². The van der Waals surface area contributed by atoms with E-state index >= 15 is 0 Å². The fraction of sp³-hybridized carbons (Fsp3) is 0.538. The van der Waals surface area contributed by atoms with E-state index < -0.39 is 24.8 Å². The van der Waals surface area contributed by atoms with Gasteiger partial charge >= 0.3 is 0 Å². The molecule has 5 heteroatoms. The molecule has 98 valence electrons. The minimum absolute atomic E-state index is 0.273. The maximum absolute atomic E-state index is 10.0. The molecule has 0 saturated carbocycles. The molecule has 18 heavy (non-hydrogen) atoms. The van der Waals surface area contributed by atoms with Crippen LogP contribution < -0.4 is 0 Å². The van der Waals surface area contributed by atoms with E-state index in [1.165, 1.54) is 7.11 Å². The van der Waals surface area contributed by atoms with Crippen LogP contribution >= 0.6 is 0 Å². The summed E-state index contributed by atoms with van der Waals surface area (Å²) >= 11 is 0. The zero-order valence-electron chi connectivity index (χ0n) is 10.1. The van der Waals surface area contributed by atoms with Crippen LogP contribution in [0.4, 0.5) is 0 Å². The topological polar surface area (TPSA) is 57.2 Å². The van der Waals surface area contributed by atoms with Crippen LogP contribution in [0.1, 0.15) is 11.9 Å². The highest BCUT2D eigenvalue weighted by atomic mass is 16.8. The van der Waals surface area contributed by atoms with Crippen LogP contribution in [0.2, 0.25) is 0 Å².